The molecule has 2 aromatic rings. The van der Waals surface area contributed by atoms with Crippen LogP contribution in [0.3, 0.4) is 0 Å². The van der Waals surface area contributed by atoms with Crippen LogP contribution in [0.15, 0.2) is 30.3 Å². The molecule has 8 heteroatoms. The van der Waals surface area contributed by atoms with Gasteiger partial charge in [0.25, 0.3) is 0 Å². The first-order valence-electron chi connectivity index (χ1n) is 7.33. The highest BCUT2D eigenvalue weighted by molar-refractivity contribution is 6.40. The maximum atomic E-state index is 12.2. The molecule has 8 nitrogen and oxygen atoms in total. The molecule has 0 bridgehead atoms. The van der Waals surface area contributed by atoms with E-state index in [-0.39, 0.29) is 5.69 Å². The van der Waals surface area contributed by atoms with Gasteiger partial charge in [0.15, 0.2) is 5.69 Å². The van der Waals surface area contributed by atoms with Gasteiger partial charge in [-0.25, -0.2) is 4.79 Å². The SMILES string of the molecule is CN1CCN(c2cccc(-c3cc(C(=O)O)nn3C)c2)C(=O)C1=O. The van der Waals surface area contributed by atoms with Crippen LogP contribution in [-0.2, 0) is 16.6 Å². The molecule has 0 aliphatic carbocycles. The predicted octanol–water partition coefficient (Wildman–Crippen LogP) is 0.590. The Bertz CT molecular complexity index is 842. The fourth-order valence-electron chi connectivity index (χ4n) is 2.65. The highest BCUT2D eigenvalue weighted by atomic mass is 16.4. The molecule has 0 unspecified atom stereocenters. The summed E-state index contributed by atoms with van der Waals surface area (Å²) in [6, 6.07) is 8.52. The van der Waals surface area contributed by atoms with Gasteiger partial charge in [0, 0.05) is 38.4 Å². The fraction of sp³-hybridized carbons (Fsp3) is 0.250. The minimum atomic E-state index is -1.10. The molecule has 2 heterocycles. The molecule has 1 aliphatic heterocycles. The number of rotatable bonds is 3. The second kappa shape index (κ2) is 5.80. The van der Waals surface area contributed by atoms with Crippen molar-refractivity contribution in [1.82, 2.24) is 14.7 Å². The lowest BCUT2D eigenvalue weighted by molar-refractivity contribution is -0.145. The van der Waals surface area contributed by atoms with Crippen LogP contribution in [0.5, 0.6) is 0 Å². The van der Waals surface area contributed by atoms with E-state index in [9.17, 15) is 14.4 Å². The quantitative estimate of drug-likeness (QED) is 0.832. The molecule has 1 saturated heterocycles. The van der Waals surface area contributed by atoms with Crippen molar-refractivity contribution >= 4 is 23.5 Å². The third kappa shape index (κ3) is 2.62. The Labute approximate surface area is 137 Å². The van der Waals surface area contributed by atoms with Crippen LogP contribution in [0.25, 0.3) is 11.3 Å². The zero-order valence-electron chi connectivity index (χ0n) is 13.3. The number of carbonyl (C=O) groups is 3. The van der Waals surface area contributed by atoms with E-state index in [0.29, 0.717) is 30.0 Å². The number of amides is 2. The lowest BCUT2D eigenvalue weighted by Gasteiger charge is -2.31. The number of anilines is 1. The monoisotopic (exact) mass is 328 g/mol. The molecule has 124 valence electrons. The summed E-state index contributed by atoms with van der Waals surface area (Å²) in [6.07, 6.45) is 0. The number of carboxylic acid groups (broad SMARTS) is 1. The first-order valence-corrected chi connectivity index (χ1v) is 7.33. The lowest BCUT2D eigenvalue weighted by Crippen LogP contribution is -2.53. The highest BCUT2D eigenvalue weighted by Gasteiger charge is 2.31. The van der Waals surface area contributed by atoms with Crippen molar-refractivity contribution in [2.24, 2.45) is 7.05 Å². The average Bonchev–Trinajstić information content (AvgIpc) is 2.95. The molecule has 1 aromatic carbocycles. The first-order chi connectivity index (χ1) is 11.4. The van der Waals surface area contributed by atoms with Crippen LogP contribution in [0, 0.1) is 0 Å². The Morgan fingerprint density at radius 2 is 1.88 bits per heavy atom. The molecular weight excluding hydrogens is 312 g/mol. The average molecular weight is 328 g/mol. The second-order valence-corrected chi connectivity index (χ2v) is 5.58. The standard InChI is InChI=1S/C16H16N4O4/c1-18-6-7-20(15(22)14(18)21)11-5-3-4-10(8-11)13-9-12(16(23)24)17-19(13)2/h3-5,8-9H,6-7H2,1-2H3,(H,23,24). The molecule has 1 N–H and O–H groups in total. The van der Waals surface area contributed by atoms with Crippen LogP contribution < -0.4 is 4.90 Å². The maximum Gasteiger partial charge on any atom is 0.356 e. The van der Waals surface area contributed by atoms with E-state index in [1.807, 2.05) is 0 Å². The summed E-state index contributed by atoms with van der Waals surface area (Å²) in [4.78, 5) is 37.9. The maximum absolute atomic E-state index is 12.2. The van der Waals surface area contributed by atoms with Gasteiger partial charge in [-0.3, -0.25) is 14.3 Å². The van der Waals surface area contributed by atoms with Crippen molar-refractivity contribution in [2.75, 3.05) is 25.0 Å². The van der Waals surface area contributed by atoms with Crippen LogP contribution in [0.4, 0.5) is 5.69 Å². The number of benzene rings is 1. The van der Waals surface area contributed by atoms with E-state index in [4.69, 9.17) is 5.11 Å². The van der Waals surface area contributed by atoms with Crippen LogP contribution >= 0.6 is 0 Å². The third-order valence-electron chi connectivity index (χ3n) is 3.99. The van der Waals surface area contributed by atoms with Crippen molar-refractivity contribution in [2.45, 2.75) is 0 Å². The smallest absolute Gasteiger partial charge is 0.356 e. The van der Waals surface area contributed by atoms with Gasteiger partial charge in [0.1, 0.15) is 0 Å². The molecule has 3 rings (SSSR count). The van der Waals surface area contributed by atoms with Crippen molar-refractivity contribution in [3.05, 3.63) is 36.0 Å². The largest absolute Gasteiger partial charge is 0.476 e. The number of hydrogen-bond acceptors (Lipinski definition) is 4. The van der Waals surface area contributed by atoms with Crippen molar-refractivity contribution in [3.8, 4) is 11.3 Å². The van der Waals surface area contributed by atoms with Crippen LogP contribution in [0.1, 0.15) is 10.5 Å². The summed E-state index contributed by atoms with van der Waals surface area (Å²) in [5.74, 6) is -2.22. The Balaban J connectivity index is 1.97. The van der Waals surface area contributed by atoms with E-state index in [0.717, 1.165) is 0 Å². The number of likely N-dealkylation sites (N-methyl/N-ethyl adjacent to an activating group) is 1. The molecule has 0 saturated carbocycles. The second-order valence-electron chi connectivity index (χ2n) is 5.58. The van der Waals surface area contributed by atoms with Crippen molar-refractivity contribution in [1.29, 1.82) is 0 Å². The highest BCUT2D eigenvalue weighted by Crippen LogP contribution is 2.26. The predicted molar refractivity (Wildman–Crippen MR) is 85.6 cm³/mol. The van der Waals surface area contributed by atoms with Crippen molar-refractivity contribution < 1.29 is 19.5 Å². The number of aryl methyl sites for hydroxylation is 1. The molecule has 0 spiro atoms. The van der Waals surface area contributed by atoms with Gasteiger partial charge in [0.05, 0.1) is 5.69 Å². The molecule has 0 atom stereocenters. The number of piperazine rings is 1. The summed E-state index contributed by atoms with van der Waals surface area (Å²) in [5.41, 5.74) is 1.87. The normalized spacial score (nSPS) is 15.1. The Kier molecular flexibility index (Phi) is 3.80. The minimum absolute atomic E-state index is 0.0521. The number of hydrogen-bond donors (Lipinski definition) is 1. The van der Waals surface area contributed by atoms with Gasteiger partial charge in [0.2, 0.25) is 0 Å². The van der Waals surface area contributed by atoms with Gasteiger partial charge in [-0.05, 0) is 18.2 Å². The minimum Gasteiger partial charge on any atom is -0.476 e. The number of aromatic carboxylic acids is 1. The van der Waals surface area contributed by atoms with Gasteiger partial charge in [-0.2, -0.15) is 5.10 Å². The van der Waals surface area contributed by atoms with Gasteiger partial charge in [-0.15, -0.1) is 0 Å². The van der Waals surface area contributed by atoms with E-state index in [2.05, 4.69) is 5.10 Å². The summed E-state index contributed by atoms with van der Waals surface area (Å²) in [6.45, 7) is 0.875. The van der Waals surface area contributed by atoms with Gasteiger partial charge < -0.3 is 14.9 Å². The molecule has 1 fully saturated rings. The van der Waals surface area contributed by atoms with Crippen molar-refractivity contribution in [3.63, 3.8) is 0 Å². The Hall–Kier alpha value is -3.16. The number of aromatic nitrogens is 2. The van der Waals surface area contributed by atoms with E-state index in [1.54, 1.807) is 38.4 Å². The van der Waals surface area contributed by atoms with Crippen LogP contribution in [-0.4, -0.2) is 57.7 Å². The number of carboxylic acids is 1. The first kappa shape index (κ1) is 15.7. The Morgan fingerprint density at radius 1 is 1.12 bits per heavy atom. The number of carbonyl (C=O) groups excluding carboxylic acids is 2. The zero-order chi connectivity index (χ0) is 17.4. The van der Waals surface area contributed by atoms with E-state index >= 15 is 0 Å². The topological polar surface area (TPSA) is 95.7 Å². The van der Waals surface area contributed by atoms with Gasteiger partial charge >= 0.3 is 17.8 Å². The third-order valence-corrected chi connectivity index (χ3v) is 3.99. The molecule has 1 aliphatic rings. The van der Waals surface area contributed by atoms with E-state index in [1.165, 1.54) is 20.5 Å². The molecule has 0 radical (unpaired) electrons. The molecule has 24 heavy (non-hydrogen) atoms. The summed E-state index contributed by atoms with van der Waals surface area (Å²) in [5, 5.41) is 13.0. The zero-order valence-corrected chi connectivity index (χ0v) is 13.3. The Morgan fingerprint density at radius 3 is 2.54 bits per heavy atom. The molecule has 1 aromatic heterocycles. The van der Waals surface area contributed by atoms with Crippen LogP contribution in [0.2, 0.25) is 0 Å². The number of nitrogens with zero attached hydrogens (tertiary/aromatic N) is 4. The summed E-state index contributed by atoms with van der Waals surface area (Å²) < 4.78 is 1.47. The van der Waals surface area contributed by atoms with Gasteiger partial charge in [-0.1, -0.05) is 12.1 Å². The summed E-state index contributed by atoms with van der Waals surface area (Å²) in [7, 11) is 3.25. The molecular formula is C16H16N4O4. The summed E-state index contributed by atoms with van der Waals surface area (Å²) >= 11 is 0. The fourth-order valence-corrected chi connectivity index (χ4v) is 2.65. The lowest BCUT2D eigenvalue weighted by atomic mass is 10.1. The van der Waals surface area contributed by atoms with E-state index < -0.39 is 17.8 Å². The molecule has 2 amide bonds.